The summed E-state index contributed by atoms with van der Waals surface area (Å²) in [6, 6.07) is 0.470. The smallest absolute Gasteiger partial charge is 0.305 e. The summed E-state index contributed by atoms with van der Waals surface area (Å²) >= 11 is 0. The fourth-order valence-corrected chi connectivity index (χ4v) is 1.13. The van der Waals surface area contributed by atoms with Gasteiger partial charge in [0, 0.05) is 12.8 Å². The van der Waals surface area contributed by atoms with Crippen LogP contribution in [0.25, 0.3) is 0 Å². The van der Waals surface area contributed by atoms with Crippen molar-refractivity contribution in [3.63, 3.8) is 0 Å². The lowest BCUT2D eigenvalue weighted by atomic mass is 10.1. The summed E-state index contributed by atoms with van der Waals surface area (Å²) in [5.41, 5.74) is 7.74. The molecule has 0 aliphatic heterocycles. The van der Waals surface area contributed by atoms with Crippen molar-refractivity contribution in [2.75, 3.05) is 13.7 Å². The minimum Gasteiger partial charge on any atom is -0.469 e. The van der Waals surface area contributed by atoms with Crippen LogP contribution in [-0.2, 0) is 9.53 Å². The van der Waals surface area contributed by atoms with Gasteiger partial charge in [0.15, 0.2) is 0 Å². The third kappa shape index (κ3) is 7.74. The molecule has 4 heteroatoms. The van der Waals surface area contributed by atoms with Gasteiger partial charge in [-0.05, 0) is 12.8 Å². The van der Waals surface area contributed by atoms with Crippen LogP contribution >= 0.6 is 0 Å². The zero-order valence-electron chi connectivity index (χ0n) is 8.55. The molecule has 1 unspecified atom stereocenters. The number of quaternary nitrogens is 2. The molecule has 0 rings (SSSR count). The van der Waals surface area contributed by atoms with Crippen LogP contribution in [0.5, 0.6) is 0 Å². The molecule has 13 heavy (non-hydrogen) atoms. The van der Waals surface area contributed by atoms with Crippen LogP contribution in [0.4, 0.5) is 0 Å². The first kappa shape index (κ1) is 12.4. The molecule has 0 aliphatic carbocycles. The first-order valence-electron chi connectivity index (χ1n) is 4.89. The Kier molecular flexibility index (Phi) is 7.63. The molecule has 0 saturated heterocycles. The molecule has 0 aromatic heterocycles. The van der Waals surface area contributed by atoms with Crippen molar-refractivity contribution >= 4 is 5.97 Å². The Morgan fingerprint density at radius 3 is 2.62 bits per heavy atom. The minimum absolute atomic E-state index is 0.108. The fourth-order valence-electron chi connectivity index (χ4n) is 1.13. The Hall–Kier alpha value is -0.610. The Balaban J connectivity index is 3.12. The number of esters is 1. The highest BCUT2D eigenvalue weighted by atomic mass is 16.5. The zero-order valence-corrected chi connectivity index (χ0v) is 8.55. The summed E-state index contributed by atoms with van der Waals surface area (Å²) in [6.45, 7) is 0.900. The summed E-state index contributed by atoms with van der Waals surface area (Å²) in [7, 11) is 1.43. The fraction of sp³-hybridized carbons (Fsp3) is 0.889. The van der Waals surface area contributed by atoms with Gasteiger partial charge >= 0.3 is 5.97 Å². The van der Waals surface area contributed by atoms with Crippen molar-refractivity contribution in [3.05, 3.63) is 0 Å². The topological polar surface area (TPSA) is 81.6 Å². The summed E-state index contributed by atoms with van der Waals surface area (Å²) in [6.07, 6.45) is 4.81. The summed E-state index contributed by atoms with van der Waals surface area (Å²) < 4.78 is 4.54. The van der Waals surface area contributed by atoms with Gasteiger partial charge in [0.05, 0.1) is 7.11 Å². The summed E-state index contributed by atoms with van der Waals surface area (Å²) in [4.78, 5) is 10.7. The Morgan fingerprint density at radius 1 is 1.38 bits per heavy atom. The van der Waals surface area contributed by atoms with Gasteiger partial charge in [-0.25, -0.2) is 0 Å². The summed E-state index contributed by atoms with van der Waals surface area (Å²) in [5, 5.41) is 0. The molecular weight excluding hydrogens is 168 g/mol. The van der Waals surface area contributed by atoms with Crippen molar-refractivity contribution in [3.8, 4) is 0 Å². The largest absolute Gasteiger partial charge is 0.469 e. The molecule has 0 aliphatic rings. The third-order valence-corrected chi connectivity index (χ3v) is 2.13. The molecule has 1 atom stereocenters. The first-order chi connectivity index (χ1) is 6.20. The molecule has 0 fully saturated rings. The number of hydrogen-bond donors (Lipinski definition) is 2. The van der Waals surface area contributed by atoms with Crippen LogP contribution < -0.4 is 11.5 Å². The predicted octanol–water partition coefficient (Wildman–Crippen LogP) is -1.04. The minimum atomic E-state index is -0.108. The van der Waals surface area contributed by atoms with Crippen LogP contribution in [0.15, 0.2) is 0 Å². The third-order valence-electron chi connectivity index (χ3n) is 2.13. The zero-order chi connectivity index (χ0) is 10.1. The maximum atomic E-state index is 10.7. The number of rotatable bonds is 7. The number of hydrogen-bond acceptors (Lipinski definition) is 2. The molecule has 0 aromatic rings. The van der Waals surface area contributed by atoms with E-state index in [0.29, 0.717) is 12.5 Å². The SMILES string of the molecule is COC(=O)CCCCCC([NH3+])C[NH3+]. The van der Waals surface area contributed by atoms with Crippen molar-refractivity contribution in [1.29, 1.82) is 0 Å². The van der Waals surface area contributed by atoms with Gasteiger partial charge in [-0.2, -0.15) is 0 Å². The molecule has 0 aromatic carbocycles. The van der Waals surface area contributed by atoms with Crippen molar-refractivity contribution in [2.45, 2.75) is 38.1 Å². The van der Waals surface area contributed by atoms with E-state index < -0.39 is 0 Å². The van der Waals surface area contributed by atoms with E-state index in [9.17, 15) is 4.79 Å². The monoisotopic (exact) mass is 190 g/mol. The normalized spacial score (nSPS) is 12.5. The number of unbranched alkanes of at least 4 members (excludes halogenated alkanes) is 2. The van der Waals surface area contributed by atoms with Crippen LogP contribution in [0.2, 0.25) is 0 Å². The number of ether oxygens (including phenoxy) is 1. The van der Waals surface area contributed by atoms with Gasteiger partial charge in [0.1, 0.15) is 12.6 Å². The molecule has 4 nitrogen and oxygen atoms in total. The number of carbonyl (C=O) groups excluding carboxylic acids is 1. The van der Waals surface area contributed by atoms with E-state index in [2.05, 4.69) is 16.2 Å². The lowest BCUT2D eigenvalue weighted by molar-refractivity contribution is -0.494. The van der Waals surface area contributed by atoms with E-state index in [1.807, 2.05) is 0 Å². The molecule has 0 bridgehead atoms. The molecule has 78 valence electrons. The molecular formula is C9H22N2O2+2. The van der Waals surface area contributed by atoms with Crippen LogP contribution in [0, 0.1) is 0 Å². The van der Waals surface area contributed by atoms with Crippen molar-refractivity contribution < 1.29 is 21.0 Å². The number of carbonyl (C=O) groups is 1. The maximum Gasteiger partial charge on any atom is 0.305 e. The lowest BCUT2D eigenvalue weighted by Crippen LogP contribution is -2.72. The van der Waals surface area contributed by atoms with Gasteiger partial charge in [0.25, 0.3) is 0 Å². The second-order valence-electron chi connectivity index (χ2n) is 3.33. The summed E-state index contributed by atoms with van der Waals surface area (Å²) in [5.74, 6) is -0.108. The van der Waals surface area contributed by atoms with Gasteiger partial charge < -0.3 is 16.2 Å². The highest BCUT2D eigenvalue weighted by Crippen LogP contribution is 2.04. The first-order valence-corrected chi connectivity index (χ1v) is 4.89. The van der Waals surface area contributed by atoms with E-state index in [1.54, 1.807) is 0 Å². The van der Waals surface area contributed by atoms with E-state index in [1.165, 1.54) is 7.11 Å². The maximum absolute atomic E-state index is 10.7. The average Bonchev–Trinajstić information content (AvgIpc) is 2.16. The van der Waals surface area contributed by atoms with Gasteiger partial charge in [-0.15, -0.1) is 0 Å². The molecule has 0 saturated carbocycles. The second kappa shape index (κ2) is 8.01. The lowest BCUT2D eigenvalue weighted by Gasteiger charge is -2.02. The van der Waals surface area contributed by atoms with Gasteiger partial charge in [0.2, 0.25) is 0 Å². The predicted molar refractivity (Wildman–Crippen MR) is 49.5 cm³/mol. The average molecular weight is 190 g/mol. The molecule has 0 heterocycles. The Morgan fingerprint density at radius 2 is 2.08 bits per heavy atom. The highest BCUT2D eigenvalue weighted by Gasteiger charge is 2.05. The Labute approximate surface area is 79.6 Å². The van der Waals surface area contributed by atoms with Crippen LogP contribution in [0.3, 0.4) is 0 Å². The standard InChI is InChI=1S/C9H20N2O2/c1-13-9(12)6-4-2-3-5-8(11)7-10/h8H,2-7,10-11H2,1H3/p+2. The van der Waals surface area contributed by atoms with Crippen molar-refractivity contribution in [1.82, 2.24) is 0 Å². The van der Waals surface area contributed by atoms with Gasteiger partial charge in [-0.1, -0.05) is 6.42 Å². The van der Waals surface area contributed by atoms with Crippen LogP contribution in [0.1, 0.15) is 32.1 Å². The van der Waals surface area contributed by atoms with Gasteiger partial charge in [-0.3, -0.25) is 4.79 Å². The second-order valence-corrected chi connectivity index (χ2v) is 3.33. The highest BCUT2D eigenvalue weighted by molar-refractivity contribution is 5.68. The molecule has 0 amide bonds. The van der Waals surface area contributed by atoms with E-state index in [-0.39, 0.29) is 5.97 Å². The number of methoxy groups -OCH3 is 1. The van der Waals surface area contributed by atoms with E-state index >= 15 is 0 Å². The van der Waals surface area contributed by atoms with E-state index in [0.717, 1.165) is 32.2 Å². The van der Waals surface area contributed by atoms with Crippen molar-refractivity contribution in [2.24, 2.45) is 0 Å². The quantitative estimate of drug-likeness (QED) is 0.397. The van der Waals surface area contributed by atoms with Crippen LogP contribution in [-0.4, -0.2) is 25.7 Å². The molecule has 6 N–H and O–H groups in total. The Bertz CT molecular complexity index is 140. The molecule has 0 spiro atoms. The van der Waals surface area contributed by atoms with E-state index in [4.69, 9.17) is 0 Å². The molecule has 0 radical (unpaired) electrons.